The van der Waals surface area contributed by atoms with Gasteiger partial charge < -0.3 is 0 Å². The summed E-state index contributed by atoms with van der Waals surface area (Å²) in [5, 5.41) is 4.18. The first-order valence-corrected chi connectivity index (χ1v) is 7.42. The molecule has 2 aromatic rings. The fourth-order valence-corrected chi connectivity index (χ4v) is 2.26. The van der Waals surface area contributed by atoms with Gasteiger partial charge in [-0.05, 0) is 44.4 Å². The summed E-state index contributed by atoms with van der Waals surface area (Å²) < 4.78 is 0. The van der Waals surface area contributed by atoms with E-state index in [1.807, 2.05) is 64.1 Å². The van der Waals surface area contributed by atoms with Crippen LogP contribution in [0.2, 0.25) is 0 Å². The lowest BCUT2D eigenvalue weighted by atomic mass is 10.0. The number of benzene rings is 2. The Hall–Kier alpha value is -2.42. The molecule has 0 bridgehead atoms. The summed E-state index contributed by atoms with van der Waals surface area (Å²) in [6, 6.07) is 14.2. The number of rotatable bonds is 4. The van der Waals surface area contributed by atoms with Crippen molar-refractivity contribution in [2.45, 2.75) is 34.1 Å². The van der Waals surface area contributed by atoms with Crippen molar-refractivity contribution < 1.29 is 4.79 Å². The molecule has 0 heterocycles. The number of nitrogens with zero attached hydrogens (tertiary/aromatic N) is 1. The third kappa shape index (κ3) is 4.29. The van der Waals surface area contributed by atoms with Crippen LogP contribution in [-0.2, 0) is 11.2 Å². The standard InChI is InChI=1S/C19H22N2O/c1-13-5-8-17(9-6-13)16(4)20-21-19(22)12-18-10-7-14(2)11-15(18)3/h5-11H,12H2,1-4H3,(H,21,22)/b20-16-. The molecule has 0 atom stereocenters. The van der Waals surface area contributed by atoms with E-state index in [4.69, 9.17) is 0 Å². The Kier molecular flexibility index (Phi) is 5.10. The van der Waals surface area contributed by atoms with Crippen molar-refractivity contribution in [1.82, 2.24) is 5.43 Å². The summed E-state index contributed by atoms with van der Waals surface area (Å²) in [4.78, 5) is 12.0. The zero-order chi connectivity index (χ0) is 16.1. The van der Waals surface area contributed by atoms with Crippen molar-refractivity contribution in [1.29, 1.82) is 0 Å². The quantitative estimate of drug-likeness (QED) is 0.678. The molecule has 114 valence electrons. The van der Waals surface area contributed by atoms with Crippen LogP contribution >= 0.6 is 0 Å². The van der Waals surface area contributed by atoms with E-state index in [1.165, 1.54) is 11.1 Å². The molecule has 0 fully saturated rings. The van der Waals surface area contributed by atoms with Gasteiger partial charge in [0.1, 0.15) is 0 Å². The summed E-state index contributed by atoms with van der Waals surface area (Å²) in [6.45, 7) is 8.01. The summed E-state index contributed by atoms with van der Waals surface area (Å²) >= 11 is 0. The Labute approximate surface area is 132 Å². The van der Waals surface area contributed by atoms with Gasteiger partial charge >= 0.3 is 0 Å². The predicted molar refractivity (Wildman–Crippen MR) is 91.2 cm³/mol. The SMILES string of the molecule is C/C(=N/NC(=O)Cc1ccc(C)cc1C)c1ccc(C)cc1. The van der Waals surface area contributed by atoms with Crippen LogP contribution < -0.4 is 5.43 Å². The van der Waals surface area contributed by atoms with E-state index in [9.17, 15) is 4.79 Å². The Bertz CT molecular complexity index is 700. The van der Waals surface area contributed by atoms with Gasteiger partial charge in [-0.25, -0.2) is 5.43 Å². The molecule has 0 radical (unpaired) electrons. The first-order chi connectivity index (χ1) is 10.5. The summed E-state index contributed by atoms with van der Waals surface area (Å²) in [5.41, 5.74) is 9.02. The van der Waals surface area contributed by atoms with Gasteiger partial charge in [-0.2, -0.15) is 5.10 Å². The fourth-order valence-electron chi connectivity index (χ4n) is 2.26. The number of nitrogens with one attached hydrogen (secondary N) is 1. The van der Waals surface area contributed by atoms with Gasteiger partial charge in [-0.3, -0.25) is 4.79 Å². The number of hydrogen-bond acceptors (Lipinski definition) is 2. The van der Waals surface area contributed by atoms with Crippen molar-refractivity contribution in [2.24, 2.45) is 5.10 Å². The van der Waals surface area contributed by atoms with Gasteiger partial charge in [0.05, 0.1) is 12.1 Å². The van der Waals surface area contributed by atoms with E-state index in [0.29, 0.717) is 6.42 Å². The van der Waals surface area contributed by atoms with E-state index in [0.717, 1.165) is 22.4 Å². The van der Waals surface area contributed by atoms with E-state index in [-0.39, 0.29) is 5.91 Å². The largest absolute Gasteiger partial charge is 0.273 e. The third-order valence-electron chi connectivity index (χ3n) is 3.67. The highest BCUT2D eigenvalue weighted by Gasteiger charge is 2.06. The Morgan fingerprint density at radius 2 is 1.64 bits per heavy atom. The lowest BCUT2D eigenvalue weighted by Crippen LogP contribution is -2.21. The minimum Gasteiger partial charge on any atom is -0.273 e. The number of carbonyl (C=O) groups is 1. The molecule has 0 aromatic heterocycles. The predicted octanol–water partition coefficient (Wildman–Crippen LogP) is 3.69. The van der Waals surface area contributed by atoms with Crippen LogP contribution in [0.3, 0.4) is 0 Å². The maximum atomic E-state index is 12.0. The van der Waals surface area contributed by atoms with Gasteiger partial charge in [-0.1, -0.05) is 53.6 Å². The van der Waals surface area contributed by atoms with Gasteiger partial charge in [0, 0.05) is 0 Å². The molecular formula is C19H22N2O. The fraction of sp³-hybridized carbons (Fsp3) is 0.263. The average molecular weight is 294 g/mol. The maximum absolute atomic E-state index is 12.0. The second kappa shape index (κ2) is 7.03. The van der Waals surface area contributed by atoms with Crippen molar-refractivity contribution in [2.75, 3.05) is 0 Å². The van der Waals surface area contributed by atoms with Crippen LogP contribution in [0.4, 0.5) is 0 Å². The van der Waals surface area contributed by atoms with Gasteiger partial charge in [0.25, 0.3) is 0 Å². The molecule has 2 rings (SSSR count). The van der Waals surface area contributed by atoms with Crippen LogP contribution in [0.15, 0.2) is 47.6 Å². The zero-order valence-corrected chi connectivity index (χ0v) is 13.6. The van der Waals surface area contributed by atoms with Crippen LogP contribution in [0.5, 0.6) is 0 Å². The van der Waals surface area contributed by atoms with E-state index in [1.54, 1.807) is 0 Å². The number of aryl methyl sites for hydroxylation is 3. The Morgan fingerprint density at radius 1 is 1.00 bits per heavy atom. The van der Waals surface area contributed by atoms with Gasteiger partial charge in [0.15, 0.2) is 0 Å². The lowest BCUT2D eigenvalue weighted by Gasteiger charge is -2.07. The van der Waals surface area contributed by atoms with Crippen LogP contribution in [0, 0.1) is 20.8 Å². The molecule has 22 heavy (non-hydrogen) atoms. The van der Waals surface area contributed by atoms with Crippen LogP contribution in [0.1, 0.15) is 34.7 Å². The van der Waals surface area contributed by atoms with E-state index >= 15 is 0 Å². The molecule has 0 unspecified atom stereocenters. The lowest BCUT2D eigenvalue weighted by molar-refractivity contribution is -0.120. The number of hydrazone groups is 1. The van der Waals surface area contributed by atoms with Crippen molar-refractivity contribution in [3.63, 3.8) is 0 Å². The molecule has 2 aromatic carbocycles. The zero-order valence-electron chi connectivity index (χ0n) is 13.6. The van der Waals surface area contributed by atoms with E-state index in [2.05, 4.69) is 16.6 Å². The molecule has 0 saturated carbocycles. The highest BCUT2D eigenvalue weighted by Crippen LogP contribution is 2.11. The Balaban J connectivity index is 1.99. The second-order valence-electron chi connectivity index (χ2n) is 5.70. The number of carbonyl (C=O) groups excluding carboxylic acids is 1. The first kappa shape index (κ1) is 16.0. The summed E-state index contributed by atoms with van der Waals surface area (Å²) in [6.07, 6.45) is 0.344. The molecular weight excluding hydrogens is 272 g/mol. The number of hydrogen-bond donors (Lipinski definition) is 1. The maximum Gasteiger partial charge on any atom is 0.244 e. The van der Waals surface area contributed by atoms with Gasteiger partial charge in [-0.15, -0.1) is 0 Å². The summed E-state index contributed by atoms with van der Waals surface area (Å²) in [5.74, 6) is -0.0987. The second-order valence-corrected chi connectivity index (χ2v) is 5.70. The molecule has 1 N–H and O–H groups in total. The van der Waals surface area contributed by atoms with Crippen molar-refractivity contribution >= 4 is 11.6 Å². The monoisotopic (exact) mass is 294 g/mol. The smallest absolute Gasteiger partial charge is 0.244 e. The molecule has 0 aliphatic heterocycles. The molecule has 0 spiro atoms. The first-order valence-electron chi connectivity index (χ1n) is 7.42. The molecule has 3 heteroatoms. The minimum absolute atomic E-state index is 0.0987. The van der Waals surface area contributed by atoms with E-state index < -0.39 is 0 Å². The molecule has 0 saturated heterocycles. The minimum atomic E-state index is -0.0987. The summed E-state index contributed by atoms with van der Waals surface area (Å²) in [7, 11) is 0. The molecule has 0 aliphatic rings. The Morgan fingerprint density at radius 3 is 2.27 bits per heavy atom. The van der Waals surface area contributed by atoms with Crippen molar-refractivity contribution in [3.8, 4) is 0 Å². The van der Waals surface area contributed by atoms with Crippen LogP contribution in [0.25, 0.3) is 0 Å². The molecule has 1 amide bonds. The number of amides is 1. The van der Waals surface area contributed by atoms with Crippen molar-refractivity contribution in [3.05, 3.63) is 70.3 Å². The highest BCUT2D eigenvalue weighted by molar-refractivity contribution is 5.99. The average Bonchev–Trinajstić information content (AvgIpc) is 2.48. The van der Waals surface area contributed by atoms with Gasteiger partial charge in [0.2, 0.25) is 5.91 Å². The normalized spacial score (nSPS) is 11.4. The highest BCUT2D eigenvalue weighted by atomic mass is 16.2. The third-order valence-corrected chi connectivity index (χ3v) is 3.67. The molecule has 0 aliphatic carbocycles. The van der Waals surface area contributed by atoms with Crippen LogP contribution in [-0.4, -0.2) is 11.6 Å². The molecule has 3 nitrogen and oxygen atoms in total. The topological polar surface area (TPSA) is 41.5 Å².